The van der Waals surface area contributed by atoms with Gasteiger partial charge in [-0.1, -0.05) is 36.4 Å². The lowest BCUT2D eigenvalue weighted by Gasteiger charge is -2.40. The van der Waals surface area contributed by atoms with E-state index in [1.54, 1.807) is 6.92 Å². The molecule has 1 N–H and O–H groups in total. The second kappa shape index (κ2) is 6.16. The summed E-state index contributed by atoms with van der Waals surface area (Å²) in [5.41, 5.74) is 3.30. The zero-order valence-corrected chi connectivity index (χ0v) is 16.9. The molecule has 3 aliphatic rings. The fourth-order valence-corrected chi connectivity index (χ4v) is 5.52. The monoisotopic (exact) mass is 376 g/mol. The zero-order valence-electron chi connectivity index (χ0n) is 16.9. The molecule has 2 atom stereocenters. The minimum Gasteiger partial charge on any atom is -0.376 e. The van der Waals surface area contributed by atoms with Crippen molar-refractivity contribution in [2.75, 3.05) is 13.1 Å². The van der Waals surface area contributed by atoms with E-state index >= 15 is 0 Å². The van der Waals surface area contributed by atoms with Gasteiger partial charge in [-0.25, -0.2) is 0 Å². The molecule has 0 saturated carbocycles. The predicted octanol–water partition coefficient (Wildman–Crippen LogP) is 3.79. The van der Waals surface area contributed by atoms with Crippen molar-refractivity contribution in [1.82, 2.24) is 9.80 Å². The second-order valence-corrected chi connectivity index (χ2v) is 8.81. The second-order valence-electron chi connectivity index (χ2n) is 8.81. The normalized spacial score (nSPS) is 28.8. The van der Waals surface area contributed by atoms with E-state index in [1.165, 1.54) is 21.9 Å². The van der Waals surface area contributed by atoms with Crippen molar-refractivity contribution in [3.8, 4) is 0 Å². The first-order chi connectivity index (χ1) is 13.4. The summed E-state index contributed by atoms with van der Waals surface area (Å²) in [4.78, 5) is 17.2. The van der Waals surface area contributed by atoms with Crippen molar-refractivity contribution < 1.29 is 9.90 Å². The van der Waals surface area contributed by atoms with Crippen LogP contribution in [0.2, 0.25) is 0 Å². The molecule has 2 aromatic carbocycles. The van der Waals surface area contributed by atoms with Crippen molar-refractivity contribution in [2.24, 2.45) is 0 Å². The molecular weight excluding hydrogens is 348 g/mol. The van der Waals surface area contributed by atoms with Gasteiger partial charge < -0.3 is 10.0 Å². The number of rotatable bonds is 2. The lowest BCUT2D eigenvalue weighted by molar-refractivity contribution is -0.143. The van der Waals surface area contributed by atoms with Gasteiger partial charge in [-0.2, -0.15) is 0 Å². The highest BCUT2D eigenvalue weighted by Crippen LogP contribution is 2.42. The number of amides is 1. The molecule has 1 fully saturated rings. The molecule has 28 heavy (non-hydrogen) atoms. The average molecular weight is 377 g/mol. The third-order valence-corrected chi connectivity index (χ3v) is 7.37. The summed E-state index contributed by atoms with van der Waals surface area (Å²) < 4.78 is 0. The van der Waals surface area contributed by atoms with Crippen molar-refractivity contribution in [3.63, 3.8) is 0 Å². The number of piperidine rings is 1. The van der Waals surface area contributed by atoms with E-state index in [-0.39, 0.29) is 11.9 Å². The maximum absolute atomic E-state index is 12.8. The van der Waals surface area contributed by atoms with Gasteiger partial charge in [0.25, 0.3) is 5.91 Å². The molecule has 0 aromatic heterocycles. The number of hydrogen-bond donors (Lipinski definition) is 1. The number of carbonyl (C=O) groups is 1. The van der Waals surface area contributed by atoms with Crippen molar-refractivity contribution >= 4 is 16.7 Å². The Morgan fingerprint density at radius 2 is 1.75 bits per heavy atom. The topological polar surface area (TPSA) is 43.8 Å². The largest absolute Gasteiger partial charge is 0.376 e. The molecule has 2 heterocycles. The molecule has 146 valence electrons. The van der Waals surface area contributed by atoms with E-state index in [9.17, 15) is 9.90 Å². The van der Waals surface area contributed by atoms with Gasteiger partial charge >= 0.3 is 0 Å². The molecule has 1 saturated heterocycles. The number of nitrogens with zero attached hydrogens (tertiary/aromatic N) is 2. The van der Waals surface area contributed by atoms with Gasteiger partial charge in [0.2, 0.25) is 0 Å². The van der Waals surface area contributed by atoms with Gasteiger partial charge in [0.1, 0.15) is 0 Å². The summed E-state index contributed by atoms with van der Waals surface area (Å²) in [6.07, 6.45) is 2.99. The molecule has 1 amide bonds. The predicted molar refractivity (Wildman–Crippen MR) is 111 cm³/mol. The molecule has 1 aliphatic carbocycles. The Morgan fingerprint density at radius 1 is 1.07 bits per heavy atom. The van der Waals surface area contributed by atoms with Crippen LogP contribution in [-0.4, -0.2) is 45.5 Å². The summed E-state index contributed by atoms with van der Waals surface area (Å²) in [6, 6.07) is 13.9. The number of carbonyl (C=O) groups excluding carboxylic acids is 1. The molecule has 0 radical (unpaired) electrons. The fourth-order valence-electron chi connectivity index (χ4n) is 5.52. The highest BCUT2D eigenvalue weighted by atomic mass is 16.3. The van der Waals surface area contributed by atoms with Crippen LogP contribution in [0, 0.1) is 0 Å². The standard InChI is InChI=1S/C24H28N2O2/c1-15-16(2)26(23(27)24(15,3)28)19-10-12-25(13-11-19)21-14-18-8-4-6-17-7-5-9-20(21)22(17)18/h4-9,19,21,28H,10-14H2,1-3H3. The Bertz CT molecular complexity index is 994. The van der Waals surface area contributed by atoms with Gasteiger partial charge in [0.15, 0.2) is 5.60 Å². The van der Waals surface area contributed by atoms with Crippen LogP contribution in [-0.2, 0) is 11.2 Å². The van der Waals surface area contributed by atoms with Crippen molar-refractivity contribution in [2.45, 2.75) is 57.7 Å². The van der Waals surface area contributed by atoms with Crippen LogP contribution < -0.4 is 0 Å². The van der Waals surface area contributed by atoms with Crippen LogP contribution in [0.1, 0.15) is 50.8 Å². The quantitative estimate of drug-likeness (QED) is 0.867. The summed E-state index contributed by atoms with van der Waals surface area (Å²) >= 11 is 0. The first-order valence-electron chi connectivity index (χ1n) is 10.4. The lowest BCUT2D eigenvalue weighted by Crippen LogP contribution is -2.49. The Kier molecular flexibility index (Phi) is 3.94. The highest BCUT2D eigenvalue weighted by molar-refractivity contribution is 5.93. The van der Waals surface area contributed by atoms with Crippen LogP contribution in [0.3, 0.4) is 0 Å². The number of allylic oxidation sites excluding steroid dienone is 1. The molecule has 2 aromatic rings. The number of benzene rings is 2. The maximum Gasteiger partial charge on any atom is 0.263 e. The summed E-state index contributed by atoms with van der Waals surface area (Å²) in [7, 11) is 0. The van der Waals surface area contributed by atoms with Gasteiger partial charge in [0, 0.05) is 30.9 Å². The molecule has 4 nitrogen and oxygen atoms in total. The molecule has 2 aliphatic heterocycles. The average Bonchev–Trinajstić information content (AvgIpc) is 3.14. The summed E-state index contributed by atoms with van der Waals surface area (Å²) in [5, 5.41) is 13.3. The zero-order chi connectivity index (χ0) is 19.6. The smallest absolute Gasteiger partial charge is 0.263 e. The Labute approximate surface area is 166 Å². The van der Waals surface area contributed by atoms with Gasteiger partial charge in [-0.05, 0) is 67.5 Å². The van der Waals surface area contributed by atoms with Crippen molar-refractivity contribution in [1.29, 1.82) is 0 Å². The molecule has 5 rings (SSSR count). The van der Waals surface area contributed by atoms with Crippen LogP contribution in [0.5, 0.6) is 0 Å². The van der Waals surface area contributed by atoms with Crippen LogP contribution in [0.15, 0.2) is 47.7 Å². The molecule has 0 spiro atoms. The minimum absolute atomic E-state index is 0.154. The van der Waals surface area contributed by atoms with E-state index in [0.29, 0.717) is 6.04 Å². The van der Waals surface area contributed by atoms with E-state index in [1.807, 2.05) is 18.7 Å². The van der Waals surface area contributed by atoms with Crippen LogP contribution >= 0.6 is 0 Å². The van der Waals surface area contributed by atoms with E-state index in [4.69, 9.17) is 0 Å². The first kappa shape index (κ1) is 17.9. The summed E-state index contributed by atoms with van der Waals surface area (Å²) in [5.74, 6) is -0.154. The van der Waals surface area contributed by atoms with Gasteiger partial charge in [-0.3, -0.25) is 9.69 Å². The third-order valence-electron chi connectivity index (χ3n) is 7.37. The Balaban J connectivity index is 1.34. The van der Waals surface area contributed by atoms with E-state index < -0.39 is 5.60 Å². The number of hydrogen-bond acceptors (Lipinski definition) is 3. The number of likely N-dealkylation sites (tertiary alicyclic amines) is 1. The van der Waals surface area contributed by atoms with Crippen LogP contribution in [0.4, 0.5) is 0 Å². The summed E-state index contributed by atoms with van der Waals surface area (Å²) in [6.45, 7) is 7.43. The van der Waals surface area contributed by atoms with Crippen molar-refractivity contribution in [3.05, 3.63) is 58.8 Å². The Morgan fingerprint density at radius 3 is 2.39 bits per heavy atom. The Hall–Kier alpha value is -2.17. The molecule has 4 heteroatoms. The van der Waals surface area contributed by atoms with Crippen LogP contribution in [0.25, 0.3) is 10.8 Å². The number of aliphatic hydroxyl groups is 1. The first-order valence-corrected chi connectivity index (χ1v) is 10.4. The molecule has 0 bridgehead atoms. The molecule has 2 unspecified atom stereocenters. The SMILES string of the molecule is CC1=C(C)C(C)(O)C(=O)N1C1CCN(C2Cc3cccc4cccc2c34)CC1. The third kappa shape index (κ3) is 2.41. The maximum atomic E-state index is 12.8. The van der Waals surface area contributed by atoms with Gasteiger partial charge in [-0.15, -0.1) is 0 Å². The highest BCUT2D eigenvalue weighted by Gasteiger charge is 2.47. The van der Waals surface area contributed by atoms with E-state index in [2.05, 4.69) is 41.3 Å². The fraction of sp³-hybridized carbons (Fsp3) is 0.458. The molecular formula is C24H28N2O2. The minimum atomic E-state index is -1.34. The van der Waals surface area contributed by atoms with Gasteiger partial charge in [0.05, 0.1) is 0 Å². The van der Waals surface area contributed by atoms with E-state index in [0.717, 1.165) is 43.6 Å². The lowest BCUT2D eigenvalue weighted by atomic mass is 9.97.